The SMILES string of the molecule is CC(C)(C)c1cc(C[n+]2ccn(CCOCCOCCOCCOCCO)c2)cc(C=N[C@H]2CCCC[C@@H]2N=Cc2cc(C[n+]3ccn(CCOCCOCCOCCOCCO)c3)cc(C(C)(C)C)c2O)c1O. The summed E-state index contributed by atoms with van der Waals surface area (Å²) in [6.45, 7) is 22.9. The first-order chi connectivity index (χ1) is 35.7. The summed E-state index contributed by atoms with van der Waals surface area (Å²) in [4.78, 5) is 10.3. The lowest BCUT2D eigenvalue weighted by molar-refractivity contribution is -0.688. The van der Waals surface area contributed by atoms with Gasteiger partial charge in [-0.25, -0.2) is 18.3 Å². The molecular formula is C56H88N6O12+2. The second kappa shape index (κ2) is 32.8. The molecule has 0 radical (unpaired) electrons. The van der Waals surface area contributed by atoms with Gasteiger partial charge in [-0.3, -0.25) is 9.98 Å². The lowest BCUT2D eigenvalue weighted by Gasteiger charge is -2.26. The minimum Gasteiger partial charge on any atom is -0.507 e. The molecule has 0 saturated heterocycles. The first-order valence-electron chi connectivity index (χ1n) is 26.5. The molecule has 2 aromatic carbocycles. The number of benzene rings is 2. The van der Waals surface area contributed by atoms with Crippen LogP contribution in [0.3, 0.4) is 0 Å². The summed E-state index contributed by atoms with van der Waals surface area (Å²) in [7, 11) is 0. The number of aromatic hydroxyl groups is 2. The highest BCUT2D eigenvalue weighted by molar-refractivity contribution is 5.86. The largest absolute Gasteiger partial charge is 0.507 e. The fourth-order valence-corrected chi connectivity index (χ4v) is 8.50. The van der Waals surface area contributed by atoms with Crippen molar-refractivity contribution >= 4 is 12.4 Å². The van der Waals surface area contributed by atoms with Crippen molar-refractivity contribution in [3.8, 4) is 11.5 Å². The van der Waals surface area contributed by atoms with Gasteiger partial charge in [0.05, 0.1) is 131 Å². The maximum atomic E-state index is 11.7. The zero-order valence-corrected chi connectivity index (χ0v) is 45.2. The molecule has 412 valence electrons. The molecule has 0 spiro atoms. The molecule has 1 fully saturated rings. The minimum atomic E-state index is -0.299. The predicted octanol–water partition coefficient (Wildman–Crippen LogP) is 4.93. The molecule has 1 aliphatic carbocycles. The van der Waals surface area contributed by atoms with Gasteiger partial charge >= 0.3 is 0 Å². The van der Waals surface area contributed by atoms with E-state index in [4.69, 9.17) is 58.1 Å². The van der Waals surface area contributed by atoms with Crippen molar-refractivity contribution in [3.63, 3.8) is 0 Å². The van der Waals surface area contributed by atoms with E-state index in [1.165, 1.54) is 0 Å². The average Bonchev–Trinajstić information content (AvgIpc) is 4.02. The first kappa shape index (κ1) is 60.3. The van der Waals surface area contributed by atoms with Crippen LogP contribution in [0.1, 0.15) is 101 Å². The highest BCUT2D eigenvalue weighted by atomic mass is 16.6. The fourth-order valence-electron chi connectivity index (χ4n) is 8.50. The van der Waals surface area contributed by atoms with Crippen LogP contribution in [0.2, 0.25) is 0 Å². The van der Waals surface area contributed by atoms with Crippen molar-refractivity contribution in [1.29, 1.82) is 0 Å². The third-order valence-corrected chi connectivity index (χ3v) is 12.4. The molecule has 2 atom stereocenters. The van der Waals surface area contributed by atoms with E-state index >= 15 is 0 Å². The Bertz CT molecular complexity index is 2090. The molecule has 1 saturated carbocycles. The van der Waals surface area contributed by atoms with Crippen molar-refractivity contribution in [2.24, 2.45) is 9.98 Å². The zero-order chi connectivity index (χ0) is 53.0. The topological polar surface area (TPSA) is 197 Å². The molecule has 0 amide bonds. The number of aliphatic hydroxyl groups is 2. The summed E-state index contributed by atoms with van der Waals surface area (Å²) in [5.41, 5.74) is 4.65. The summed E-state index contributed by atoms with van der Waals surface area (Å²) < 4.78 is 52.5. The van der Waals surface area contributed by atoms with Crippen LogP contribution >= 0.6 is 0 Å². The number of aromatic nitrogens is 4. The second-order valence-electron chi connectivity index (χ2n) is 20.6. The summed E-state index contributed by atoms with van der Waals surface area (Å²) >= 11 is 0. The van der Waals surface area contributed by atoms with Crippen molar-refractivity contribution in [2.75, 3.05) is 119 Å². The summed E-state index contributed by atoms with van der Waals surface area (Å²) in [6.07, 6.45) is 19.9. The van der Waals surface area contributed by atoms with E-state index < -0.39 is 0 Å². The quantitative estimate of drug-likeness (QED) is 0.0273. The Kier molecular flexibility index (Phi) is 26.7. The van der Waals surface area contributed by atoms with Crippen LogP contribution in [0.25, 0.3) is 0 Å². The van der Waals surface area contributed by atoms with Crippen LogP contribution in [-0.4, -0.2) is 173 Å². The monoisotopic (exact) mass is 1040 g/mol. The molecule has 2 aromatic heterocycles. The van der Waals surface area contributed by atoms with Crippen molar-refractivity contribution < 1.29 is 67.5 Å². The molecule has 5 rings (SSSR count). The molecule has 1 aliphatic rings. The van der Waals surface area contributed by atoms with Gasteiger partial charge in [0.15, 0.2) is 0 Å². The van der Waals surface area contributed by atoms with Gasteiger partial charge in [0.1, 0.15) is 62.5 Å². The molecule has 4 N–H and O–H groups in total. The molecule has 18 nitrogen and oxygen atoms in total. The Morgan fingerprint density at radius 1 is 0.500 bits per heavy atom. The normalized spacial score (nSPS) is 15.6. The van der Waals surface area contributed by atoms with Crippen LogP contribution < -0.4 is 9.13 Å². The average molecular weight is 1040 g/mol. The number of nitrogens with zero attached hydrogens (tertiary/aromatic N) is 6. The lowest BCUT2D eigenvalue weighted by atomic mass is 9.84. The number of rotatable bonds is 36. The van der Waals surface area contributed by atoms with Gasteiger partial charge < -0.3 is 58.3 Å². The Morgan fingerprint density at radius 2 is 0.824 bits per heavy atom. The number of aliphatic hydroxyl groups excluding tert-OH is 2. The Labute approximate surface area is 439 Å². The molecular weight excluding hydrogens is 949 g/mol. The highest BCUT2D eigenvalue weighted by Gasteiger charge is 2.27. The van der Waals surface area contributed by atoms with E-state index in [0.717, 1.165) is 47.9 Å². The summed E-state index contributed by atoms with van der Waals surface area (Å²) in [5.74, 6) is 0.495. The molecule has 2 heterocycles. The molecule has 74 heavy (non-hydrogen) atoms. The van der Waals surface area contributed by atoms with E-state index in [0.29, 0.717) is 143 Å². The van der Waals surface area contributed by atoms with E-state index in [9.17, 15) is 10.2 Å². The predicted molar refractivity (Wildman–Crippen MR) is 283 cm³/mol. The van der Waals surface area contributed by atoms with Gasteiger partial charge in [0.25, 0.3) is 0 Å². The molecule has 18 heteroatoms. The molecule has 0 bridgehead atoms. The highest BCUT2D eigenvalue weighted by Crippen LogP contribution is 2.36. The van der Waals surface area contributed by atoms with Crippen molar-refractivity contribution in [1.82, 2.24) is 9.13 Å². The number of phenolic OH excluding ortho intramolecular Hbond substituents is 2. The molecule has 4 aromatic rings. The first-order valence-corrected chi connectivity index (χ1v) is 26.5. The van der Waals surface area contributed by atoms with Gasteiger partial charge in [0.2, 0.25) is 12.7 Å². The van der Waals surface area contributed by atoms with Crippen molar-refractivity contribution in [3.05, 3.63) is 95.1 Å². The Morgan fingerprint density at radius 3 is 1.15 bits per heavy atom. The molecule has 0 unspecified atom stereocenters. The third-order valence-electron chi connectivity index (χ3n) is 12.4. The number of ether oxygens (including phenoxy) is 8. The lowest BCUT2D eigenvalue weighted by Crippen LogP contribution is -2.32. The standard InChI is InChI=1S/C56H86N6O12/c1-55(2,3)49-37-45(41-61-13-11-59(43-61)15-19-67-23-27-71-31-33-73-29-25-69-21-17-63)35-47(53(49)65)39-57-51-9-7-8-10-52(51)58-40-48-36-46(38-50(54(48)66)56(4,5)6)42-62-14-12-60(44-62)16-20-68-24-28-72-32-34-74-30-26-70-22-18-64/h11-14,35-40,43-44,51-52,63-64H,7-10,15-34,41-42H2,1-6H3/p+2/t51-,52-/m0/s1. The fraction of sp³-hybridized carbons (Fsp3) is 0.643. The van der Waals surface area contributed by atoms with Crippen LogP contribution in [0.5, 0.6) is 11.5 Å². The van der Waals surface area contributed by atoms with Gasteiger partial charge in [-0.05, 0) is 59.1 Å². The van der Waals surface area contributed by atoms with E-state index in [-0.39, 0.29) is 47.6 Å². The summed E-state index contributed by atoms with van der Waals surface area (Å²) in [6, 6.07) is 8.12. The van der Waals surface area contributed by atoms with Crippen LogP contribution in [-0.2, 0) is 74.9 Å². The molecule has 0 aliphatic heterocycles. The smallest absolute Gasteiger partial charge is 0.244 e. The minimum absolute atomic E-state index is 0.0110. The van der Waals surface area contributed by atoms with Gasteiger partial charge in [-0.1, -0.05) is 54.4 Å². The van der Waals surface area contributed by atoms with E-state index in [1.807, 2.05) is 49.3 Å². The maximum Gasteiger partial charge on any atom is 0.244 e. The maximum absolute atomic E-state index is 11.7. The van der Waals surface area contributed by atoms with Gasteiger partial charge in [-0.15, -0.1) is 0 Å². The summed E-state index contributed by atoms with van der Waals surface area (Å²) in [5, 5.41) is 40.8. The second-order valence-corrected chi connectivity index (χ2v) is 20.6. The van der Waals surface area contributed by atoms with Gasteiger partial charge in [0, 0.05) is 34.7 Å². The van der Waals surface area contributed by atoms with E-state index in [2.05, 4.69) is 84.6 Å². The Hall–Kier alpha value is -4.60. The zero-order valence-electron chi connectivity index (χ0n) is 45.2. The van der Waals surface area contributed by atoms with Crippen LogP contribution in [0.15, 0.2) is 71.7 Å². The Balaban J connectivity index is 1.15. The van der Waals surface area contributed by atoms with Crippen LogP contribution in [0.4, 0.5) is 0 Å². The number of imidazole rings is 2. The number of aliphatic imine (C=N–C) groups is 2. The third kappa shape index (κ3) is 21.9. The number of hydrogen-bond donors (Lipinski definition) is 4. The number of hydrogen-bond acceptors (Lipinski definition) is 14. The van der Waals surface area contributed by atoms with Crippen molar-refractivity contribution in [2.45, 2.75) is 116 Å². The number of phenols is 2. The van der Waals surface area contributed by atoms with Crippen LogP contribution in [0, 0.1) is 0 Å². The van der Waals surface area contributed by atoms with Gasteiger partial charge in [-0.2, -0.15) is 0 Å². The van der Waals surface area contributed by atoms with E-state index in [1.54, 1.807) is 0 Å².